The second-order valence-corrected chi connectivity index (χ2v) is 2.11. The molecule has 5 heteroatoms. The molecule has 5 nitrogen and oxygen atoms in total. The number of carbonyl (C=O) groups excluding carboxylic acids is 2. The van der Waals surface area contributed by atoms with Crippen LogP contribution in [0.1, 0.15) is 20.3 Å². The van der Waals surface area contributed by atoms with Crippen molar-refractivity contribution < 1.29 is 24.6 Å². The van der Waals surface area contributed by atoms with Crippen LogP contribution in [0.15, 0.2) is 0 Å². The van der Waals surface area contributed by atoms with E-state index < -0.39 is 17.9 Å². The number of carboxylic acid groups (broad SMARTS) is 1. The third-order valence-electron chi connectivity index (χ3n) is 0.739. The van der Waals surface area contributed by atoms with Crippen LogP contribution in [0, 0.1) is 0 Å². The molecule has 0 spiro atoms. The van der Waals surface area contributed by atoms with Gasteiger partial charge in [-0.2, -0.15) is 0 Å². The number of Topliss-reactive ketones (excluding diaryl/α,β-unsaturated/α-hetero) is 1. The monoisotopic (exact) mass is 176 g/mol. The lowest BCUT2D eigenvalue weighted by atomic mass is 10.3. The first-order valence-electron chi connectivity index (χ1n) is 3.27. The highest BCUT2D eigenvalue weighted by Gasteiger charge is 1.98. The van der Waals surface area contributed by atoms with Gasteiger partial charge in [-0.3, -0.25) is 4.79 Å². The van der Waals surface area contributed by atoms with Crippen molar-refractivity contribution in [3.8, 4) is 0 Å². The predicted molar refractivity (Wildman–Crippen MR) is 40.7 cm³/mol. The maximum atomic E-state index is 9.54. The molecule has 12 heavy (non-hydrogen) atoms. The first-order chi connectivity index (χ1) is 5.41. The van der Waals surface area contributed by atoms with E-state index in [-0.39, 0.29) is 6.42 Å². The lowest BCUT2D eigenvalue weighted by Crippen LogP contribution is -2.05. The lowest BCUT2D eigenvalue weighted by molar-refractivity contribution is -0.148. The lowest BCUT2D eigenvalue weighted by Gasteiger charge is -1.89. The zero-order chi connectivity index (χ0) is 10.1. The third-order valence-corrected chi connectivity index (χ3v) is 0.739. The van der Waals surface area contributed by atoms with Crippen LogP contribution in [0.25, 0.3) is 0 Å². The highest BCUT2D eigenvalue weighted by Crippen LogP contribution is 1.80. The van der Waals surface area contributed by atoms with E-state index in [4.69, 9.17) is 10.2 Å². The van der Waals surface area contributed by atoms with E-state index in [2.05, 4.69) is 0 Å². The topological polar surface area (TPSA) is 91.7 Å². The van der Waals surface area contributed by atoms with E-state index in [0.29, 0.717) is 6.29 Å². The van der Waals surface area contributed by atoms with Crippen molar-refractivity contribution in [3.63, 3.8) is 0 Å². The van der Waals surface area contributed by atoms with Crippen molar-refractivity contribution in [1.29, 1.82) is 0 Å². The normalized spacial score (nSPS) is 10.6. The number of aldehydes is 1. The molecule has 0 aromatic carbocycles. The molecule has 0 aliphatic rings. The Labute approximate surface area is 70.0 Å². The van der Waals surface area contributed by atoms with Crippen LogP contribution in [0.4, 0.5) is 0 Å². The van der Waals surface area contributed by atoms with Gasteiger partial charge in [0.1, 0.15) is 6.29 Å². The summed E-state index contributed by atoms with van der Waals surface area (Å²) in [5, 5.41) is 16.0. The average molecular weight is 176 g/mol. The Balaban J connectivity index is 0. The second-order valence-electron chi connectivity index (χ2n) is 2.11. The molecular formula is C7H12O5. The average Bonchev–Trinajstić information content (AvgIpc) is 1.87. The predicted octanol–water partition coefficient (Wildman–Crippen LogP) is -0.384. The largest absolute Gasteiger partial charge is 0.476 e. The summed E-state index contributed by atoms with van der Waals surface area (Å²) in [5.41, 5.74) is 0. The number of hydrogen-bond donors (Lipinski definition) is 2. The highest BCUT2D eigenvalue weighted by atomic mass is 16.4. The molecule has 0 fully saturated rings. The van der Waals surface area contributed by atoms with Crippen molar-refractivity contribution in [1.82, 2.24) is 0 Å². The van der Waals surface area contributed by atoms with Crippen LogP contribution in [0.2, 0.25) is 0 Å². The molecule has 0 aliphatic carbocycles. The maximum absolute atomic E-state index is 9.54. The summed E-state index contributed by atoms with van der Waals surface area (Å²) >= 11 is 0. The molecule has 0 amide bonds. The second kappa shape index (κ2) is 7.87. The van der Waals surface area contributed by atoms with E-state index in [1.807, 2.05) is 0 Å². The number of rotatable bonds is 3. The summed E-state index contributed by atoms with van der Waals surface area (Å²) in [6.07, 6.45) is 0.479. The Morgan fingerprint density at radius 1 is 1.50 bits per heavy atom. The van der Waals surface area contributed by atoms with E-state index in [1.54, 1.807) is 6.92 Å². The van der Waals surface area contributed by atoms with E-state index >= 15 is 0 Å². The molecule has 0 aromatic rings. The summed E-state index contributed by atoms with van der Waals surface area (Å²) in [7, 11) is 0. The fourth-order valence-corrected chi connectivity index (χ4v) is 0.139. The van der Waals surface area contributed by atoms with Gasteiger partial charge in [0.05, 0.1) is 6.10 Å². The first-order valence-corrected chi connectivity index (χ1v) is 3.27. The molecular weight excluding hydrogens is 164 g/mol. The van der Waals surface area contributed by atoms with Gasteiger partial charge in [0, 0.05) is 13.3 Å². The molecule has 70 valence electrons. The maximum Gasteiger partial charge on any atom is 0.371 e. The molecule has 0 rings (SSSR count). The third kappa shape index (κ3) is 15.9. The van der Waals surface area contributed by atoms with Crippen molar-refractivity contribution in [3.05, 3.63) is 0 Å². The van der Waals surface area contributed by atoms with E-state index in [9.17, 15) is 14.4 Å². The molecule has 0 radical (unpaired) electrons. The molecule has 0 saturated heterocycles. The van der Waals surface area contributed by atoms with Crippen LogP contribution >= 0.6 is 0 Å². The molecule has 0 aromatic heterocycles. The zero-order valence-electron chi connectivity index (χ0n) is 6.98. The quantitative estimate of drug-likeness (QED) is 0.451. The van der Waals surface area contributed by atoms with Gasteiger partial charge >= 0.3 is 5.97 Å². The van der Waals surface area contributed by atoms with Gasteiger partial charge in [-0.1, -0.05) is 0 Å². The van der Waals surface area contributed by atoms with Gasteiger partial charge in [-0.05, 0) is 6.92 Å². The number of hydrogen-bond acceptors (Lipinski definition) is 4. The van der Waals surface area contributed by atoms with Gasteiger partial charge in [0.25, 0.3) is 0 Å². The standard InChI is InChI=1S/C4H8O2.C3H4O3/c1-4(6)2-3-5;1-2(4)3(5)6/h3-4,6H,2H2,1H3;1H3,(H,5,6). The summed E-state index contributed by atoms with van der Waals surface area (Å²) in [5.74, 6) is -2.20. The highest BCUT2D eigenvalue weighted by molar-refractivity contribution is 6.31. The summed E-state index contributed by atoms with van der Waals surface area (Å²) < 4.78 is 0. The Bertz CT molecular complexity index is 149. The molecule has 0 saturated carbocycles. The van der Waals surface area contributed by atoms with Crippen LogP contribution in [-0.2, 0) is 14.4 Å². The van der Waals surface area contributed by atoms with Crippen molar-refractivity contribution >= 4 is 18.0 Å². The SMILES string of the molecule is CC(=O)C(=O)O.CC(O)CC=O. The van der Waals surface area contributed by atoms with Crippen LogP contribution in [0.5, 0.6) is 0 Å². The van der Waals surface area contributed by atoms with E-state index in [1.165, 1.54) is 0 Å². The number of ketones is 1. The first kappa shape index (κ1) is 13.4. The van der Waals surface area contributed by atoms with Crippen LogP contribution in [0.3, 0.4) is 0 Å². The summed E-state index contributed by atoms with van der Waals surface area (Å²) in [4.78, 5) is 28.3. The van der Waals surface area contributed by atoms with Crippen LogP contribution < -0.4 is 0 Å². The fourth-order valence-electron chi connectivity index (χ4n) is 0.139. The van der Waals surface area contributed by atoms with Gasteiger partial charge in [-0.15, -0.1) is 0 Å². The Morgan fingerprint density at radius 2 is 1.83 bits per heavy atom. The molecule has 0 bridgehead atoms. The van der Waals surface area contributed by atoms with Crippen molar-refractivity contribution in [2.75, 3.05) is 0 Å². The van der Waals surface area contributed by atoms with Gasteiger partial charge in [-0.25, -0.2) is 4.79 Å². The van der Waals surface area contributed by atoms with Crippen molar-refractivity contribution in [2.24, 2.45) is 0 Å². The summed E-state index contributed by atoms with van der Waals surface area (Å²) in [6.45, 7) is 2.58. The minimum Gasteiger partial charge on any atom is -0.476 e. The summed E-state index contributed by atoms with van der Waals surface area (Å²) in [6, 6.07) is 0. The number of aliphatic hydroxyl groups is 1. The number of aliphatic hydroxyl groups excluding tert-OH is 1. The zero-order valence-corrected chi connectivity index (χ0v) is 6.98. The van der Waals surface area contributed by atoms with Crippen LogP contribution in [-0.4, -0.2) is 34.4 Å². The fraction of sp³-hybridized carbons (Fsp3) is 0.571. The van der Waals surface area contributed by atoms with Gasteiger partial charge < -0.3 is 15.0 Å². The smallest absolute Gasteiger partial charge is 0.371 e. The number of carbonyl (C=O) groups is 3. The van der Waals surface area contributed by atoms with Crippen molar-refractivity contribution in [2.45, 2.75) is 26.4 Å². The molecule has 0 aliphatic heterocycles. The Morgan fingerprint density at radius 3 is 1.83 bits per heavy atom. The van der Waals surface area contributed by atoms with Gasteiger partial charge in [0.2, 0.25) is 5.78 Å². The Kier molecular flexibility index (Phi) is 8.77. The number of carboxylic acids is 1. The Hall–Kier alpha value is -1.23. The molecule has 0 heterocycles. The molecule has 1 atom stereocenters. The minimum absolute atomic E-state index is 0.250. The number of aliphatic carboxylic acids is 1. The van der Waals surface area contributed by atoms with Gasteiger partial charge in [0.15, 0.2) is 0 Å². The minimum atomic E-state index is -1.38. The molecule has 1 unspecified atom stereocenters. The van der Waals surface area contributed by atoms with E-state index in [0.717, 1.165) is 6.92 Å². The molecule has 2 N–H and O–H groups in total.